The highest BCUT2D eigenvalue weighted by Gasteiger charge is 2.23. The molecule has 1 aromatic heterocycles. The van der Waals surface area contributed by atoms with Gasteiger partial charge in [0.1, 0.15) is 11.3 Å². The van der Waals surface area contributed by atoms with Gasteiger partial charge in [0.05, 0.1) is 7.11 Å². The van der Waals surface area contributed by atoms with Gasteiger partial charge in [-0.1, -0.05) is 37.3 Å². The number of thiophene rings is 1. The van der Waals surface area contributed by atoms with E-state index in [4.69, 9.17) is 4.74 Å². The van der Waals surface area contributed by atoms with E-state index in [0.29, 0.717) is 0 Å². The zero-order valence-corrected chi connectivity index (χ0v) is 11.0. The summed E-state index contributed by atoms with van der Waals surface area (Å²) in [6, 6.07) is 9.86. The lowest BCUT2D eigenvalue weighted by molar-refractivity contribution is 0.0597. The number of carbonyl (C=O) groups excluding carboxylic acids is 1. The van der Waals surface area contributed by atoms with Gasteiger partial charge in [-0.3, -0.25) is 0 Å². The molecule has 0 spiro atoms. The van der Waals surface area contributed by atoms with Crippen molar-refractivity contribution in [3.8, 4) is 5.75 Å². The molecule has 0 radical (unpaired) electrons. The molecule has 0 aliphatic rings. The highest BCUT2D eigenvalue weighted by atomic mass is 32.1. The van der Waals surface area contributed by atoms with Crippen LogP contribution in [0.15, 0.2) is 35.7 Å². The lowest BCUT2D eigenvalue weighted by Gasteiger charge is -2.11. The fraction of sp³-hybridized carbons (Fsp3) is 0.214. The topological polar surface area (TPSA) is 46.5 Å². The fourth-order valence-electron chi connectivity index (χ4n) is 1.88. The Kier molecular flexibility index (Phi) is 3.67. The minimum Gasteiger partial charge on any atom is -0.506 e. The summed E-state index contributed by atoms with van der Waals surface area (Å²) in [5, 5.41) is 11.3. The molecular weight excluding hydrogens is 248 g/mol. The quantitative estimate of drug-likeness (QED) is 0.862. The van der Waals surface area contributed by atoms with Crippen LogP contribution in [0.5, 0.6) is 5.75 Å². The minimum absolute atomic E-state index is 0.00960. The van der Waals surface area contributed by atoms with Gasteiger partial charge in [0.15, 0.2) is 0 Å². The monoisotopic (exact) mass is 262 g/mol. The largest absolute Gasteiger partial charge is 0.506 e. The Morgan fingerprint density at radius 1 is 1.33 bits per heavy atom. The molecule has 0 aliphatic heterocycles. The van der Waals surface area contributed by atoms with Crippen LogP contribution >= 0.6 is 11.3 Å². The van der Waals surface area contributed by atoms with E-state index >= 15 is 0 Å². The number of methoxy groups -OCH3 is 1. The van der Waals surface area contributed by atoms with Gasteiger partial charge in [0.2, 0.25) is 0 Å². The van der Waals surface area contributed by atoms with Crippen LogP contribution < -0.4 is 0 Å². The van der Waals surface area contributed by atoms with Crippen molar-refractivity contribution in [2.75, 3.05) is 7.11 Å². The Bertz CT molecular complexity index is 545. The lowest BCUT2D eigenvalue weighted by atomic mass is 9.97. The van der Waals surface area contributed by atoms with E-state index in [1.165, 1.54) is 18.4 Å². The Morgan fingerprint density at radius 2 is 2.00 bits per heavy atom. The molecule has 2 rings (SSSR count). The van der Waals surface area contributed by atoms with Crippen LogP contribution in [-0.2, 0) is 4.74 Å². The van der Waals surface area contributed by atoms with Crippen molar-refractivity contribution in [1.29, 1.82) is 0 Å². The standard InChI is InChI=1S/C14H14O3S/c1-9(10-6-4-3-5-7-10)13-12(14(16)17-2)11(15)8-18-13/h3-9,15H,1-2H3. The molecule has 1 aromatic carbocycles. The molecular formula is C14H14O3S. The molecule has 0 bridgehead atoms. The summed E-state index contributed by atoms with van der Waals surface area (Å²) in [6.45, 7) is 2.01. The van der Waals surface area contributed by atoms with Crippen LogP contribution in [0.2, 0.25) is 0 Å². The van der Waals surface area contributed by atoms with Crippen molar-refractivity contribution in [1.82, 2.24) is 0 Å². The van der Waals surface area contributed by atoms with E-state index in [1.807, 2.05) is 37.3 Å². The molecule has 0 amide bonds. The molecule has 1 heterocycles. The summed E-state index contributed by atoms with van der Waals surface area (Å²) >= 11 is 1.37. The smallest absolute Gasteiger partial charge is 0.342 e. The zero-order chi connectivity index (χ0) is 13.1. The van der Waals surface area contributed by atoms with Crippen LogP contribution in [0.4, 0.5) is 0 Å². The van der Waals surface area contributed by atoms with E-state index in [9.17, 15) is 9.90 Å². The first-order chi connectivity index (χ1) is 8.65. The van der Waals surface area contributed by atoms with Crippen LogP contribution in [0.25, 0.3) is 0 Å². The van der Waals surface area contributed by atoms with E-state index in [0.717, 1.165) is 10.4 Å². The number of esters is 1. The lowest BCUT2D eigenvalue weighted by Crippen LogP contribution is -2.05. The van der Waals surface area contributed by atoms with Crippen LogP contribution in [-0.4, -0.2) is 18.2 Å². The second-order valence-electron chi connectivity index (χ2n) is 3.98. The number of hydrogen-bond donors (Lipinski definition) is 1. The number of carbonyl (C=O) groups is 1. The molecule has 2 aromatic rings. The van der Waals surface area contributed by atoms with E-state index < -0.39 is 5.97 Å². The zero-order valence-electron chi connectivity index (χ0n) is 10.2. The maximum Gasteiger partial charge on any atom is 0.342 e. The highest BCUT2D eigenvalue weighted by Crippen LogP contribution is 2.37. The van der Waals surface area contributed by atoms with Crippen molar-refractivity contribution >= 4 is 17.3 Å². The fourth-order valence-corrected chi connectivity index (χ4v) is 2.88. The summed E-state index contributed by atoms with van der Waals surface area (Å²) in [4.78, 5) is 12.5. The molecule has 94 valence electrons. The predicted molar refractivity (Wildman–Crippen MR) is 71.3 cm³/mol. The Labute approximate surface area is 110 Å². The van der Waals surface area contributed by atoms with Crippen molar-refractivity contribution in [2.24, 2.45) is 0 Å². The average Bonchev–Trinajstić information content (AvgIpc) is 2.80. The van der Waals surface area contributed by atoms with Gasteiger partial charge < -0.3 is 9.84 Å². The van der Waals surface area contributed by atoms with Crippen molar-refractivity contribution < 1.29 is 14.6 Å². The number of benzene rings is 1. The third-order valence-electron chi connectivity index (χ3n) is 2.88. The third kappa shape index (κ3) is 2.24. The van der Waals surface area contributed by atoms with E-state index in [-0.39, 0.29) is 17.2 Å². The molecule has 3 nitrogen and oxygen atoms in total. The number of rotatable bonds is 3. The second-order valence-corrected chi connectivity index (χ2v) is 4.90. The number of aromatic hydroxyl groups is 1. The van der Waals surface area contributed by atoms with Gasteiger partial charge >= 0.3 is 5.97 Å². The van der Waals surface area contributed by atoms with Crippen molar-refractivity contribution in [2.45, 2.75) is 12.8 Å². The van der Waals surface area contributed by atoms with Gasteiger partial charge in [-0.05, 0) is 5.56 Å². The first-order valence-corrected chi connectivity index (χ1v) is 6.46. The van der Waals surface area contributed by atoms with Crippen molar-refractivity contribution in [3.05, 3.63) is 51.7 Å². The molecule has 18 heavy (non-hydrogen) atoms. The predicted octanol–water partition coefficient (Wildman–Crippen LogP) is 3.39. The SMILES string of the molecule is COC(=O)c1c(O)csc1C(C)c1ccccc1. The van der Waals surface area contributed by atoms with Gasteiger partial charge in [-0.2, -0.15) is 0 Å². The normalized spacial score (nSPS) is 12.1. The number of ether oxygens (including phenoxy) is 1. The van der Waals surface area contributed by atoms with Gasteiger partial charge in [0, 0.05) is 16.2 Å². The van der Waals surface area contributed by atoms with Crippen molar-refractivity contribution in [3.63, 3.8) is 0 Å². The van der Waals surface area contributed by atoms with E-state index in [2.05, 4.69) is 0 Å². The third-order valence-corrected chi connectivity index (χ3v) is 4.04. The average molecular weight is 262 g/mol. The first kappa shape index (κ1) is 12.6. The summed E-state index contributed by atoms with van der Waals surface area (Å²) in [5.74, 6) is -0.456. The summed E-state index contributed by atoms with van der Waals surface area (Å²) in [7, 11) is 1.32. The van der Waals surface area contributed by atoms with Gasteiger partial charge in [-0.25, -0.2) is 4.79 Å². The van der Waals surface area contributed by atoms with Crippen LogP contribution in [0.1, 0.15) is 33.6 Å². The molecule has 4 heteroatoms. The Hall–Kier alpha value is -1.81. The summed E-state index contributed by atoms with van der Waals surface area (Å²) in [5.41, 5.74) is 1.38. The highest BCUT2D eigenvalue weighted by molar-refractivity contribution is 7.10. The van der Waals surface area contributed by atoms with Crippen LogP contribution in [0, 0.1) is 0 Å². The maximum absolute atomic E-state index is 11.7. The Morgan fingerprint density at radius 3 is 2.61 bits per heavy atom. The van der Waals surface area contributed by atoms with E-state index in [1.54, 1.807) is 5.38 Å². The molecule has 0 aliphatic carbocycles. The Balaban J connectivity index is 2.43. The molecule has 0 saturated heterocycles. The molecule has 1 atom stereocenters. The molecule has 0 saturated carbocycles. The first-order valence-electron chi connectivity index (χ1n) is 5.58. The maximum atomic E-state index is 11.7. The number of hydrogen-bond acceptors (Lipinski definition) is 4. The molecule has 1 unspecified atom stereocenters. The molecule has 1 N–H and O–H groups in total. The molecule has 0 fully saturated rings. The van der Waals surface area contributed by atoms with Crippen LogP contribution in [0.3, 0.4) is 0 Å². The second kappa shape index (κ2) is 5.23. The van der Waals surface area contributed by atoms with Gasteiger partial charge in [0.25, 0.3) is 0 Å². The summed E-state index contributed by atoms with van der Waals surface area (Å²) in [6.07, 6.45) is 0. The van der Waals surface area contributed by atoms with Gasteiger partial charge in [-0.15, -0.1) is 11.3 Å². The minimum atomic E-state index is -0.494. The summed E-state index contributed by atoms with van der Waals surface area (Å²) < 4.78 is 4.71.